The van der Waals surface area contributed by atoms with Crippen LogP contribution in [-0.2, 0) is 23.8 Å². The molecule has 0 bridgehead atoms. The van der Waals surface area contributed by atoms with E-state index in [-0.39, 0.29) is 54.0 Å². The summed E-state index contributed by atoms with van der Waals surface area (Å²) in [5.41, 5.74) is -0.385. The number of methoxy groups -OCH3 is 1. The summed E-state index contributed by atoms with van der Waals surface area (Å²) in [5.74, 6) is 0.458. The van der Waals surface area contributed by atoms with Gasteiger partial charge >= 0.3 is 11.9 Å². The largest absolute Gasteiger partial charge is 0.464 e. The van der Waals surface area contributed by atoms with Crippen LogP contribution in [0.1, 0.15) is 89.2 Å². The highest BCUT2D eigenvalue weighted by atomic mass is 16.6. The lowest BCUT2D eigenvalue weighted by Gasteiger charge is -2.59. The number of nitrogens with zero attached hydrogens (tertiary/aromatic N) is 3. The number of Topliss-reactive ketones (excluding diaryl/α,β-unsaturated/α-hetero) is 1. The molecule has 4 aliphatic carbocycles. The summed E-state index contributed by atoms with van der Waals surface area (Å²) in [7, 11) is 1.27. The second kappa shape index (κ2) is 9.68. The molecule has 12 atom stereocenters. The minimum Gasteiger partial charge on any atom is -0.464 e. The fraction of sp³-hybridized carbons (Fsp3) is 0.781. The van der Waals surface area contributed by atoms with Gasteiger partial charge in [0.1, 0.15) is 23.6 Å². The molecule has 2 aliphatic heterocycles. The van der Waals surface area contributed by atoms with Gasteiger partial charge in [-0.1, -0.05) is 24.6 Å². The van der Waals surface area contributed by atoms with E-state index in [1.54, 1.807) is 0 Å². The molecular formula is C32H43N3O8. The van der Waals surface area contributed by atoms with Gasteiger partial charge in [-0.3, -0.25) is 4.79 Å². The molecule has 234 valence electrons. The number of rotatable bonds is 5. The minimum atomic E-state index is -0.963. The Morgan fingerprint density at radius 2 is 1.98 bits per heavy atom. The lowest BCUT2D eigenvalue weighted by molar-refractivity contribution is -0.172. The van der Waals surface area contributed by atoms with Gasteiger partial charge in [-0.15, -0.1) is 5.10 Å². The molecule has 1 aromatic rings. The molecule has 1 aromatic heterocycles. The van der Waals surface area contributed by atoms with E-state index in [0.717, 1.165) is 37.7 Å². The monoisotopic (exact) mass is 597 g/mol. The van der Waals surface area contributed by atoms with Crippen LogP contribution in [-0.4, -0.2) is 80.6 Å². The van der Waals surface area contributed by atoms with E-state index in [0.29, 0.717) is 29.7 Å². The standard InChI is InChI=1S/C32H43N3O8/c1-15-10-24(42-28(39)18(15)14-36)16(2)19-6-7-20-17-11-26-32(43-26)27(38)23(35-13-22(33-34-35)29(40)41-5)12-25(37)31(32,4)21(17)8-9-30(19,20)3/h13,16-17,19-21,23-24,26-27,36,38H,6-12,14H2,1-5H3/t16-,17-,19+,20-,21-,23-,24+,26+,27-,30+,31-,32-/m0/s1. The molecule has 0 aromatic carbocycles. The third-order valence-corrected chi connectivity index (χ3v) is 13.2. The highest BCUT2D eigenvalue weighted by molar-refractivity contribution is 5.91. The lowest BCUT2D eigenvalue weighted by Crippen LogP contribution is -2.67. The van der Waals surface area contributed by atoms with E-state index in [2.05, 4.69) is 24.2 Å². The summed E-state index contributed by atoms with van der Waals surface area (Å²) in [6.45, 7) is 8.28. The van der Waals surface area contributed by atoms with Crippen LogP contribution in [0.3, 0.4) is 0 Å². The van der Waals surface area contributed by atoms with Gasteiger partial charge in [0.2, 0.25) is 0 Å². The molecule has 7 rings (SSSR count). The normalized spacial score (nSPS) is 45.8. The zero-order chi connectivity index (χ0) is 30.6. The van der Waals surface area contributed by atoms with Crippen molar-refractivity contribution in [1.82, 2.24) is 15.0 Å². The first-order valence-electron chi connectivity index (χ1n) is 15.8. The molecular weight excluding hydrogens is 554 g/mol. The average molecular weight is 598 g/mol. The number of fused-ring (bicyclic) bond motifs is 4. The van der Waals surface area contributed by atoms with Crippen LogP contribution in [0.25, 0.3) is 0 Å². The fourth-order valence-electron chi connectivity index (χ4n) is 10.9. The summed E-state index contributed by atoms with van der Waals surface area (Å²) in [4.78, 5) is 38.8. The van der Waals surface area contributed by atoms with Gasteiger partial charge in [0.05, 0.1) is 43.0 Å². The first kappa shape index (κ1) is 29.1. The van der Waals surface area contributed by atoms with Gasteiger partial charge in [0.25, 0.3) is 0 Å². The van der Waals surface area contributed by atoms with Crippen LogP contribution in [0, 0.1) is 40.4 Å². The number of epoxide rings is 1. The third-order valence-electron chi connectivity index (χ3n) is 13.2. The zero-order valence-corrected chi connectivity index (χ0v) is 25.6. The molecule has 1 spiro atoms. The molecule has 11 heteroatoms. The van der Waals surface area contributed by atoms with Gasteiger partial charge in [0.15, 0.2) is 5.69 Å². The van der Waals surface area contributed by atoms with Crippen molar-refractivity contribution in [3.8, 4) is 0 Å². The maximum Gasteiger partial charge on any atom is 0.360 e. The fourth-order valence-corrected chi connectivity index (χ4v) is 10.9. The van der Waals surface area contributed by atoms with Crippen molar-refractivity contribution in [3.05, 3.63) is 23.0 Å². The second-order valence-electron chi connectivity index (χ2n) is 14.6. The SMILES string of the molecule is COC(=O)c1cn([C@H]2CC(=O)[C@]3(C)[C@H]4CC[C@]5(C)[C@@H]([C@H](C)[C@H]6CC(C)=C(CO)C(=O)O6)CC[C@H]5[C@@H]4C[C@H]4O[C@]43[C@H]2O)nn1. The highest BCUT2D eigenvalue weighted by Gasteiger charge is 2.82. The molecule has 0 amide bonds. The van der Waals surface area contributed by atoms with E-state index in [4.69, 9.17) is 14.2 Å². The van der Waals surface area contributed by atoms with Crippen molar-refractivity contribution in [2.24, 2.45) is 40.4 Å². The number of carbonyl (C=O) groups is 3. The number of cyclic esters (lactones) is 1. The number of carbonyl (C=O) groups excluding carboxylic acids is 3. The van der Waals surface area contributed by atoms with Crippen molar-refractivity contribution in [1.29, 1.82) is 0 Å². The molecule has 11 nitrogen and oxygen atoms in total. The molecule has 2 N–H and O–H groups in total. The quantitative estimate of drug-likeness (QED) is 0.383. The van der Waals surface area contributed by atoms with Crippen molar-refractivity contribution >= 4 is 17.7 Å². The van der Waals surface area contributed by atoms with Crippen LogP contribution >= 0.6 is 0 Å². The van der Waals surface area contributed by atoms with Crippen LogP contribution < -0.4 is 0 Å². The maximum atomic E-state index is 14.2. The number of aromatic nitrogens is 3. The van der Waals surface area contributed by atoms with Gasteiger partial charge < -0.3 is 24.4 Å². The molecule has 0 radical (unpaired) electrons. The van der Waals surface area contributed by atoms with Crippen molar-refractivity contribution in [3.63, 3.8) is 0 Å². The average Bonchev–Trinajstić information content (AvgIpc) is 3.32. The molecule has 43 heavy (non-hydrogen) atoms. The number of hydrogen-bond donors (Lipinski definition) is 2. The number of esters is 2. The number of hydrogen-bond acceptors (Lipinski definition) is 10. The molecule has 4 saturated carbocycles. The van der Waals surface area contributed by atoms with Gasteiger partial charge in [-0.2, -0.15) is 0 Å². The van der Waals surface area contributed by atoms with E-state index in [9.17, 15) is 24.6 Å². The zero-order valence-electron chi connectivity index (χ0n) is 25.6. The number of ether oxygens (including phenoxy) is 3. The van der Waals surface area contributed by atoms with E-state index in [1.165, 1.54) is 18.0 Å². The smallest absolute Gasteiger partial charge is 0.360 e. The second-order valence-corrected chi connectivity index (χ2v) is 14.6. The Balaban J connectivity index is 1.13. The highest BCUT2D eigenvalue weighted by Crippen LogP contribution is 2.74. The van der Waals surface area contributed by atoms with Crippen LogP contribution in [0.2, 0.25) is 0 Å². The molecule has 3 heterocycles. The predicted octanol–water partition coefficient (Wildman–Crippen LogP) is 2.81. The van der Waals surface area contributed by atoms with Gasteiger partial charge in [-0.05, 0) is 81.0 Å². The van der Waals surface area contributed by atoms with Crippen molar-refractivity contribution < 1.29 is 38.8 Å². The van der Waals surface area contributed by atoms with Gasteiger partial charge in [0, 0.05) is 12.8 Å². The Morgan fingerprint density at radius 1 is 1.21 bits per heavy atom. The molecule has 5 fully saturated rings. The first-order valence-corrected chi connectivity index (χ1v) is 15.8. The number of aliphatic hydroxyl groups excluding tert-OH is 2. The van der Waals surface area contributed by atoms with Crippen molar-refractivity contribution in [2.45, 2.75) is 103 Å². The number of ketones is 1. The summed E-state index contributed by atoms with van der Waals surface area (Å²) in [5, 5.41) is 29.4. The summed E-state index contributed by atoms with van der Waals surface area (Å²) in [6.07, 6.45) is 5.59. The van der Waals surface area contributed by atoms with E-state index in [1.807, 2.05) is 13.8 Å². The Hall–Kier alpha value is -2.63. The predicted molar refractivity (Wildman–Crippen MR) is 150 cm³/mol. The maximum absolute atomic E-state index is 14.2. The molecule has 6 aliphatic rings. The Labute approximate surface area is 251 Å². The van der Waals surface area contributed by atoms with E-state index < -0.39 is 35.1 Å². The van der Waals surface area contributed by atoms with Crippen molar-refractivity contribution in [2.75, 3.05) is 13.7 Å². The number of aliphatic hydroxyl groups is 2. The molecule has 0 unspecified atom stereocenters. The Kier molecular flexibility index (Phi) is 6.55. The minimum absolute atomic E-state index is 0.0320. The van der Waals surface area contributed by atoms with E-state index >= 15 is 0 Å². The summed E-state index contributed by atoms with van der Waals surface area (Å²) >= 11 is 0. The van der Waals surface area contributed by atoms with Crippen LogP contribution in [0.15, 0.2) is 17.3 Å². The topological polar surface area (TPSA) is 153 Å². The van der Waals surface area contributed by atoms with Crippen LogP contribution in [0.5, 0.6) is 0 Å². The Morgan fingerprint density at radius 3 is 2.67 bits per heavy atom. The summed E-state index contributed by atoms with van der Waals surface area (Å²) < 4.78 is 18.5. The molecule has 1 saturated heterocycles. The third kappa shape index (κ3) is 3.73. The van der Waals surface area contributed by atoms with Gasteiger partial charge in [-0.25, -0.2) is 14.3 Å². The van der Waals surface area contributed by atoms with Crippen LogP contribution in [0.4, 0.5) is 0 Å². The lowest BCUT2D eigenvalue weighted by atomic mass is 9.43. The first-order chi connectivity index (χ1) is 20.4. The Bertz CT molecular complexity index is 1410. The summed E-state index contributed by atoms with van der Waals surface area (Å²) in [6, 6.07) is -0.666.